The summed E-state index contributed by atoms with van der Waals surface area (Å²) >= 11 is 1.67. The summed E-state index contributed by atoms with van der Waals surface area (Å²) in [4.78, 5) is 15.9. The van der Waals surface area contributed by atoms with E-state index < -0.39 is 0 Å². The van der Waals surface area contributed by atoms with Crippen LogP contribution in [0.25, 0.3) is 0 Å². The van der Waals surface area contributed by atoms with Crippen LogP contribution in [0.15, 0.2) is 29.5 Å². The van der Waals surface area contributed by atoms with Gasteiger partial charge in [0.15, 0.2) is 17.6 Å². The van der Waals surface area contributed by atoms with Crippen LogP contribution < -0.4 is 15.5 Å². The lowest BCUT2D eigenvalue weighted by Gasteiger charge is -2.19. The molecule has 0 radical (unpaired) electrons. The molecule has 1 aliphatic heterocycles. The number of aromatic nitrogens is 2. The number of thiazole rings is 1. The second kappa shape index (κ2) is 7.57. The number of anilines is 1. The molecule has 128 valence electrons. The molecule has 8 heteroatoms. The van der Waals surface area contributed by atoms with Gasteiger partial charge in [-0.3, -0.25) is 4.99 Å². The smallest absolute Gasteiger partial charge is 0.191 e. The minimum atomic E-state index is -0.278. The molecule has 2 aromatic heterocycles. The summed E-state index contributed by atoms with van der Waals surface area (Å²) in [6.07, 6.45) is 4.40. The van der Waals surface area contributed by atoms with Crippen molar-refractivity contribution in [1.29, 1.82) is 0 Å². The maximum atomic E-state index is 13.8. The predicted molar refractivity (Wildman–Crippen MR) is 95.0 cm³/mol. The zero-order valence-corrected chi connectivity index (χ0v) is 14.6. The summed E-state index contributed by atoms with van der Waals surface area (Å²) in [6.45, 7) is 4.15. The summed E-state index contributed by atoms with van der Waals surface area (Å²) in [5, 5.41) is 7.68. The van der Waals surface area contributed by atoms with Crippen molar-refractivity contribution in [3.05, 3.63) is 40.2 Å². The maximum absolute atomic E-state index is 13.8. The van der Waals surface area contributed by atoms with Gasteiger partial charge in [0.2, 0.25) is 0 Å². The van der Waals surface area contributed by atoms with Crippen molar-refractivity contribution in [2.45, 2.75) is 25.9 Å². The third-order valence-electron chi connectivity index (χ3n) is 3.87. The number of nitrogens with zero attached hydrogens (tertiary/aromatic N) is 4. The molecule has 1 atom stereocenters. The molecule has 0 spiro atoms. The molecule has 1 unspecified atom stereocenters. The third-order valence-corrected chi connectivity index (χ3v) is 4.78. The molecule has 0 bridgehead atoms. The Bertz CT molecular complexity index is 716. The van der Waals surface area contributed by atoms with Crippen LogP contribution in [0.3, 0.4) is 0 Å². The number of aryl methyl sites for hydroxylation is 1. The molecule has 0 amide bonds. The van der Waals surface area contributed by atoms with E-state index >= 15 is 0 Å². The number of rotatable bonds is 4. The summed E-state index contributed by atoms with van der Waals surface area (Å²) in [7, 11) is 1.74. The number of hydrogen-bond donors (Lipinski definition) is 2. The molecular formula is C16H21FN6S. The monoisotopic (exact) mass is 348 g/mol. The molecule has 1 fully saturated rings. The first-order valence-electron chi connectivity index (χ1n) is 7.89. The van der Waals surface area contributed by atoms with E-state index in [1.165, 1.54) is 10.9 Å². The maximum Gasteiger partial charge on any atom is 0.191 e. The summed E-state index contributed by atoms with van der Waals surface area (Å²) in [5.41, 5.74) is 0. The van der Waals surface area contributed by atoms with Crippen molar-refractivity contribution >= 4 is 23.1 Å². The van der Waals surface area contributed by atoms with E-state index in [0.717, 1.165) is 23.9 Å². The molecule has 3 heterocycles. The molecule has 0 aromatic carbocycles. The number of halogens is 1. The molecule has 0 saturated carbocycles. The second-order valence-electron chi connectivity index (χ2n) is 5.68. The van der Waals surface area contributed by atoms with E-state index in [-0.39, 0.29) is 11.9 Å². The number of nitrogens with one attached hydrogen (secondary N) is 2. The highest BCUT2D eigenvalue weighted by atomic mass is 32.1. The molecule has 24 heavy (non-hydrogen) atoms. The van der Waals surface area contributed by atoms with E-state index in [2.05, 4.69) is 25.6 Å². The van der Waals surface area contributed by atoms with Gasteiger partial charge in [-0.25, -0.2) is 14.4 Å². The fraction of sp³-hybridized carbons (Fsp3) is 0.438. The molecule has 3 rings (SSSR count). The first-order valence-corrected chi connectivity index (χ1v) is 8.71. The van der Waals surface area contributed by atoms with Crippen LogP contribution in [0.1, 0.15) is 16.3 Å². The van der Waals surface area contributed by atoms with Crippen LogP contribution in [0, 0.1) is 12.7 Å². The van der Waals surface area contributed by atoms with Crippen LogP contribution in [0.4, 0.5) is 10.2 Å². The van der Waals surface area contributed by atoms with E-state index in [4.69, 9.17) is 0 Å². The van der Waals surface area contributed by atoms with Gasteiger partial charge in [-0.15, -0.1) is 11.3 Å². The van der Waals surface area contributed by atoms with Crippen molar-refractivity contribution < 1.29 is 4.39 Å². The fourth-order valence-electron chi connectivity index (χ4n) is 2.71. The second-order valence-corrected chi connectivity index (χ2v) is 6.99. The van der Waals surface area contributed by atoms with E-state index in [1.54, 1.807) is 30.6 Å². The lowest BCUT2D eigenvalue weighted by Crippen LogP contribution is -2.44. The summed E-state index contributed by atoms with van der Waals surface area (Å²) < 4.78 is 13.8. The number of pyridine rings is 1. The van der Waals surface area contributed by atoms with Crippen molar-refractivity contribution in [2.75, 3.05) is 25.0 Å². The van der Waals surface area contributed by atoms with Gasteiger partial charge >= 0.3 is 0 Å². The van der Waals surface area contributed by atoms with Crippen LogP contribution in [-0.2, 0) is 6.54 Å². The van der Waals surface area contributed by atoms with Crippen LogP contribution in [0.2, 0.25) is 0 Å². The Morgan fingerprint density at radius 3 is 3.08 bits per heavy atom. The molecule has 1 aliphatic rings. The molecule has 1 saturated heterocycles. The quantitative estimate of drug-likeness (QED) is 0.653. The molecule has 6 nitrogen and oxygen atoms in total. The largest absolute Gasteiger partial charge is 0.352 e. The van der Waals surface area contributed by atoms with Crippen molar-refractivity contribution in [1.82, 2.24) is 20.6 Å². The molecular weight excluding hydrogens is 327 g/mol. The minimum absolute atomic E-state index is 0.204. The topological polar surface area (TPSA) is 65.4 Å². The minimum Gasteiger partial charge on any atom is -0.352 e. The first-order chi connectivity index (χ1) is 11.7. The SMILES string of the molecule is CN=C(NCc1ncc(C)s1)NC1CCN(c2ncccc2F)C1. The van der Waals surface area contributed by atoms with E-state index in [9.17, 15) is 4.39 Å². The standard InChI is InChI=1S/C16H21FN6S/c1-11-8-20-14(24-11)9-21-16(18-2)22-12-5-7-23(10-12)15-13(17)4-3-6-19-15/h3-4,6,8,12H,5,7,9-10H2,1-2H3,(H2,18,21,22). The highest BCUT2D eigenvalue weighted by Crippen LogP contribution is 2.20. The van der Waals surface area contributed by atoms with Crippen molar-refractivity contribution in [3.63, 3.8) is 0 Å². The normalized spacial score (nSPS) is 18.0. The Kier molecular flexibility index (Phi) is 5.24. The highest BCUT2D eigenvalue weighted by molar-refractivity contribution is 7.11. The van der Waals surface area contributed by atoms with Crippen molar-refractivity contribution in [2.24, 2.45) is 4.99 Å². The Labute approximate surface area is 144 Å². The summed E-state index contributed by atoms with van der Waals surface area (Å²) in [5.74, 6) is 0.874. The number of guanidine groups is 1. The van der Waals surface area contributed by atoms with Gasteiger partial charge in [0.1, 0.15) is 5.01 Å². The fourth-order valence-corrected chi connectivity index (χ4v) is 3.44. The van der Waals surface area contributed by atoms with Crippen LogP contribution in [0.5, 0.6) is 0 Å². The average molecular weight is 348 g/mol. The zero-order chi connectivity index (χ0) is 16.9. The van der Waals surface area contributed by atoms with Gasteiger partial charge in [0.25, 0.3) is 0 Å². The Hall–Kier alpha value is -2.22. The lowest BCUT2D eigenvalue weighted by molar-refractivity contribution is 0.612. The predicted octanol–water partition coefficient (Wildman–Crippen LogP) is 1.93. The Morgan fingerprint density at radius 2 is 2.38 bits per heavy atom. The first kappa shape index (κ1) is 16.6. The van der Waals surface area contributed by atoms with Crippen LogP contribution in [-0.4, -0.2) is 42.1 Å². The van der Waals surface area contributed by atoms with Crippen molar-refractivity contribution in [3.8, 4) is 0 Å². The summed E-state index contributed by atoms with van der Waals surface area (Å²) in [6, 6.07) is 3.26. The van der Waals surface area contributed by atoms with Gasteiger partial charge < -0.3 is 15.5 Å². The lowest BCUT2D eigenvalue weighted by atomic mass is 10.3. The van der Waals surface area contributed by atoms with Crippen LogP contribution >= 0.6 is 11.3 Å². The van der Waals surface area contributed by atoms with Gasteiger partial charge in [0.05, 0.1) is 6.54 Å². The number of hydrogen-bond acceptors (Lipinski definition) is 5. The third kappa shape index (κ3) is 4.00. The van der Waals surface area contributed by atoms with Gasteiger partial charge in [-0.1, -0.05) is 0 Å². The molecule has 2 N–H and O–H groups in total. The van der Waals surface area contributed by atoms with E-state index in [0.29, 0.717) is 18.9 Å². The highest BCUT2D eigenvalue weighted by Gasteiger charge is 2.25. The molecule has 2 aromatic rings. The van der Waals surface area contributed by atoms with Gasteiger partial charge in [0, 0.05) is 43.4 Å². The van der Waals surface area contributed by atoms with E-state index in [1.807, 2.05) is 18.0 Å². The molecule has 0 aliphatic carbocycles. The Balaban J connectivity index is 1.53. The zero-order valence-electron chi connectivity index (χ0n) is 13.8. The van der Waals surface area contributed by atoms with Gasteiger partial charge in [-0.2, -0.15) is 0 Å². The average Bonchev–Trinajstić information content (AvgIpc) is 3.21. The number of aliphatic imine (C=N–C) groups is 1. The Morgan fingerprint density at radius 1 is 1.50 bits per heavy atom. The van der Waals surface area contributed by atoms with Gasteiger partial charge in [-0.05, 0) is 25.5 Å².